The summed E-state index contributed by atoms with van der Waals surface area (Å²) in [6, 6.07) is 0. The first-order valence-electron chi connectivity index (χ1n) is 3.05. The molecular weight excluding hydrogens is 165 g/mol. The molecule has 12 heavy (non-hydrogen) atoms. The van der Waals surface area contributed by atoms with Gasteiger partial charge in [-0.2, -0.15) is 0 Å². The van der Waals surface area contributed by atoms with Crippen molar-refractivity contribution in [2.24, 2.45) is 5.73 Å². The average Bonchev–Trinajstić information content (AvgIpc) is 2.05. The minimum Gasteiger partial charge on any atom is -0.444 e. The number of hydrogen-bond donors (Lipinski definition) is 1. The Kier molecular flexibility index (Phi) is 2.52. The standard InChI is InChI=1S/C6H6FN3O2/c7-3-12-6-4(5(8)11)9-1-2-10-6/h1-2H,3H2,(H2,8,11). The van der Waals surface area contributed by atoms with Crippen LogP contribution >= 0.6 is 0 Å². The molecule has 0 spiro atoms. The van der Waals surface area contributed by atoms with Crippen LogP contribution in [0.25, 0.3) is 0 Å². The number of ether oxygens (including phenoxy) is 1. The van der Waals surface area contributed by atoms with Crippen LogP contribution in [0.2, 0.25) is 0 Å². The lowest BCUT2D eigenvalue weighted by Crippen LogP contribution is -2.15. The summed E-state index contributed by atoms with van der Waals surface area (Å²) in [6.07, 6.45) is 2.54. The van der Waals surface area contributed by atoms with Gasteiger partial charge in [0.25, 0.3) is 5.91 Å². The first-order chi connectivity index (χ1) is 5.75. The van der Waals surface area contributed by atoms with Gasteiger partial charge >= 0.3 is 0 Å². The highest BCUT2D eigenvalue weighted by molar-refractivity contribution is 5.92. The lowest BCUT2D eigenvalue weighted by Gasteiger charge is -2.01. The summed E-state index contributed by atoms with van der Waals surface area (Å²) in [5.41, 5.74) is 4.73. The van der Waals surface area contributed by atoms with E-state index in [9.17, 15) is 9.18 Å². The topological polar surface area (TPSA) is 78.1 Å². The molecule has 0 bridgehead atoms. The van der Waals surface area contributed by atoms with E-state index in [0.717, 1.165) is 0 Å². The zero-order valence-electron chi connectivity index (χ0n) is 6.03. The summed E-state index contributed by atoms with van der Waals surface area (Å²) in [5, 5.41) is 0. The molecule has 1 aromatic rings. The van der Waals surface area contributed by atoms with Gasteiger partial charge in [0.2, 0.25) is 12.7 Å². The minimum absolute atomic E-state index is 0.171. The van der Waals surface area contributed by atoms with Crippen LogP contribution < -0.4 is 10.5 Å². The number of hydrogen-bond acceptors (Lipinski definition) is 4. The predicted molar refractivity (Wildman–Crippen MR) is 37.2 cm³/mol. The Morgan fingerprint density at radius 2 is 2.25 bits per heavy atom. The number of amides is 1. The van der Waals surface area contributed by atoms with Crippen molar-refractivity contribution in [1.82, 2.24) is 9.97 Å². The summed E-state index contributed by atoms with van der Waals surface area (Å²) in [4.78, 5) is 17.7. The molecule has 0 saturated heterocycles. The first-order valence-corrected chi connectivity index (χ1v) is 3.05. The average molecular weight is 171 g/mol. The Balaban J connectivity index is 3.00. The highest BCUT2D eigenvalue weighted by atomic mass is 19.1. The van der Waals surface area contributed by atoms with Crippen LogP contribution in [-0.4, -0.2) is 22.7 Å². The normalized spacial score (nSPS) is 9.42. The van der Waals surface area contributed by atoms with Gasteiger partial charge in [0.05, 0.1) is 0 Å². The van der Waals surface area contributed by atoms with E-state index in [1.807, 2.05) is 0 Å². The highest BCUT2D eigenvalue weighted by Gasteiger charge is 2.11. The van der Waals surface area contributed by atoms with Gasteiger partial charge in [0, 0.05) is 12.4 Å². The SMILES string of the molecule is NC(=O)c1nccnc1OCF. The number of primary amides is 1. The van der Waals surface area contributed by atoms with Gasteiger partial charge < -0.3 is 10.5 Å². The highest BCUT2D eigenvalue weighted by Crippen LogP contribution is 2.09. The number of carbonyl (C=O) groups is 1. The van der Waals surface area contributed by atoms with Crippen molar-refractivity contribution in [3.8, 4) is 5.88 Å². The van der Waals surface area contributed by atoms with Crippen molar-refractivity contribution in [2.45, 2.75) is 0 Å². The molecule has 0 aliphatic heterocycles. The molecule has 1 amide bonds. The van der Waals surface area contributed by atoms with Gasteiger partial charge in [-0.25, -0.2) is 14.4 Å². The predicted octanol–water partition coefficient (Wildman–Crippen LogP) is -0.119. The van der Waals surface area contributed by atoms with Crippen molar-refractivity contribution >= 4 is 5.91 Å². The Hall–Kier alpha value is -1.72. The maximum absolute atomic E-state index is 11.7. The summed E-state index contributed by atoms with van der Waals surface area (Å²) >= 11 is 0. The molecule has 0 radical (unpaired) electrons. The molecule has 0 atom stereocenters. The molecular formula is C6H6FN3O2. The zero-order chi connectivity index (χ0) is 8.97. The fourth-order valence-electron chi connectivity index (χ4n) is 0.652. The number of aromatic nitrogens is 2. The third-order valence-corrected chi connectivity index (χ3v) is 1.09. The molecule has 0 fully saturated rings. The van der Waals surface area contributed by atoms with E-state index in [4.69, 9.17) is 5.73 Å². The van der Waals surface area contributed by atoms with Crippen LogP contribution in [0.5, 0.6) is 5.88 Å². The molecule has 1 rings (SSSR count). The molecule has 1 aromatic heterocycles. The van der Waals surface area contributed by atoms with E-state index in [1.165, 1.54) is 12.4 Å². The molecule has 0 aliphatic carbocycles. The lowest BCUT2D eigenvalue weighted by molar-refractivity contribution is 0.0985. The lowest BCUT2D eigenvalue weighted by atomic mass is 10.4. The van der Waals surface area contributed by atoms with Gasteiger partial charge in [-0.05, 0) is 0 Å². The molecule has 0 aromatic carbocycles. The van der Waals surface area contributed by atoms with Gasteiger partial charge in [0.15, 0.2) is 5.69 Å². The van der Waals surface area contributed by atoms with Crippen LogP contribution in [0.4, 0.5) is 4.39 Å². The maximum atomic E-state index is 11.7. The third-order valence-electron chi connectivity index (χ3n) is 1.09. The van der Waals surface area contributed by atoms with E-state index in [1.54, 1.807) is 0 Å². The van der Waals surface area contributed by atoms with E-state index < -0.39 is 12.8 Å². The monoisotopic (exact) mass is 171 g/mol. The summed E-state index contributed by atoms with van der Waals surface area (Å²) in [6.45, 7) is -1.07. The molecule has 5 nitrogen and oxygen atoms in total. The van der Waals surface area contributed by atoms with Gasteiger partial charge in [-0.15, -0.1) is 0 Å². The maximum Gasteiger partial charge on any atom is 0.272 e. The summed E-state index contributed by atoms with van der Waals surface area (Å²) < 4.78 is 16.0. The second-order valence-electron chi connectivity index (χ2n) is 1.83. The van der Waals surface area contributed by atoms with Crippen molar-refractivity contribution in [2.75, 3.05) is 6.86 Å². The summed E-state index contributed by atoms with van der Waals surface area (Å²) in [5.74, 6) is -0.987. The molecule has 64 valence electrons. The Bertz CT molecular complexity index is 292. The van der Waals surface area contributed by atoms with Crippen LogP contribution in [0.1, 0.15) is 10.5 Å². The van der Waals surface area contributed by atoms with Crippen LogP contribution in [0, 0.1) is 0 Å². The summed E-state index contributed by atoms with van der Waals surface area (Å²) in [7, 11) is 0. The van der Waals surface area contributed by atoms with E-state index in [2.05, 4.69) is 14.7 Å². The smallest absolute Gasteiger partial charge is 0.272 e. The first kappa shape index (κ1) is 8.38. The van der Waals surface area contributed by atoms with Crippen molar-refractivity contribution in [3.63, 3.8) is 0 Å². The fourth-order valence-corrected chi connectivity index (χ4v) is 0.652. The number of nitrogens with two attached hydrogens (primary N) is 1. The van der Waals surface area contributed by atoms with Crippen LogP contribution in [0.3, 0.4) is 0 Å². The number of alkyl halides is 1. The van der Waals surface area contributed by atoms with Crippen molar-refractivity contribution in [1.29, 1.82) is 0 Å². The molecule has 2 N–H and O–H groups in total. The second kappa shape index (κ2) is 3.61. The van der Waals surface area contributed by atoms with E-state index in [-0.39, 0.29) is 11.6 Å². The Labute approximate surface area is 67.4 Å². The van der Waals surface area contributed by atoms with E-state index in [0.29, 0.717) is 0 Å². The number of halogens is 1. The number of carbonyl (C=O) groups excluding carboxylic acids is 1. The van der Waals surface area contributed by atoms with Crippen LogP contribution in [-0.2, 0) is 0 Å². The van der Waals surface area contributed by atoms with Crippen molar-refractivity contribution < 1.29 is 13.9 Å². The van der Waals surface area contributed by atoms with Gasteiger partial charge in [-0.1, -0.05) is 0 Å². The molecule has 0 unspecified atom stereocenters. The van der Waals surface area contributed by atoms with E-state index >= 15 is 0 Å². The largest absolute Gasteiger partial charge is 0.444 e. The third kappa shape index (κ3) is 1.66. The van der Waals surface area contributed by atoms with Gasteiger partial charge in [-0.3, -0.25) is 4.79 Å². The molecule has 0 saturated carbocycles. The molecule has 1 heterocycles. The quantitative estimate of drug-likeness (QED) is 0.687. The number of nitrogens with zero attached hydrogens (tertiary/aromatic N) is 2. The second-order valence-corrected chi connectivity index (χ2v) is 1.83. The molecule has 0 aliphatic rings. The molecule has 6 heteroatoms. The van der Waals surface area contributed by atoms with Crippen LogP contribution in [0.15, 0.2) is 12.4 Å². The fraction of sp³-hybridized carbons (Fsp3) is 0.167. The minimum atomic E-state index is -1.07. The number of rotatable bonds is 3. The Morgan fingerprint density at radius 3 is 2.83 bits per heavy atom. The van der Waals surface area contributed by atoms with Gasteiger partial charge in [0.1, 0.15) is 0 Å². The Morgan fingerprint density at radius 1 is 1.58 bits per heavy atom. The zero-order valence-corrected chi connectivity index (χ0v) is 6.03. The van der Waals surface area contributed by atoms with Crippen molar-refractivity contribution in [3.05, 3.63) is 18.1 Å².